The summed E-state index contributed by atoms with van der Waals surface area (Å²) < 4.78 is 0. The summed E-state index contributed by atoms with van der Waals surface area (Å²) in [6, 6.07) is 11.9. The van der Waals surface area contributed by atoms with Gasteiger partial charge in [-0.05, 0) is 50.6 Å². The van der Waals surface area contributed by atoms with Gasteiger partial charge in [-0.15, -0.1) is 0 Å². The Morgan fingerprint density at radius 1 is 1.08 bits per heavy atom. The zero-order chi connectivity index (χ0) is 16.8. The highest BCUT2D eigenvalue weighted by atomic mass is 16.4. The molecule has 1 unspecified atom stereocenters. The number of nitrogens with one attached hydrogen (secondary N) is 1. The maximum atomic E-state index is 11.1. The van der Waals surface area contributed by atoms with Crippen molar-refractivity contribution in [2.75, 3.05) is 13.1 Å². The van der Waals surface area contributed by atoms with Crippen LogP contribution in [0.25, 0.3) is 0 Å². The van der Waals surface area contributed by atoms with E-state index in [1.165, 1.54) is 31.4 Å². The Hall–Kier alpha value is -1.39. The van der Waals surface area contributed by atoms with Crippen molar-refractivity contribution in [2.45, 2.75) is 63.6 Å². The molecule has 2 N–H and O–H groups in total. The van der Waals surface area contributed by atoms with Gasteiger partial charge >= 0.3 is 5.97 Å². The molecule has 3 rings (SSSR count). The first kappa shape index (κ1) is 17.4. The second-order valence-corrected chi connectivity index (χ2v) is 7.40. The Bertz CT molecular complexity index is 512. The van der Waals surface area contributed by atoms with Gasteiger partial charge in [0.05, 0.1) is 5.92 Å². The van der Waals surface area contributed by atoms with Crippen LogP contribution in [0.15, 0.2) is 30.3 Å². The van der Waals surface area contributed by atoms with E-state index in [0.29, 0.717) is 12.1 Å². The highest BCUT2D eigenvalue weighted by molar-refractivity contribution is 5.70. The number of benzene rings is 1. The van der Waals surface area contributed by atoms with Gasteiger partial charge in [-0.3, -0.25) is 9.69 Å². The van der Waals surface area contributed by atoms with Crippen LogP contribution in [-0.4, -0.2) is 41.1 Å². The number of carboxylic acids is 1. The second kappa shape index (κ2) is 8.63. The molecule has 4 heteroatoms. The molecule has 1 aromatic carbocycles. The number of hydrogen-bond acceptors (Lipinski definition) is 3. The standard InChI is InChI=1S/C20H30N2O2/c23-20(24)17-9-11-18(12-10-17)21-14-19-8-4-5-13-22(19)15-16-6-2-1-3-7-16/h1-3,6-7,17-19,21H,4-5,8-15H2,(H,23,24). The summed E-state index contributed by atoms with van der Waals surface area (Å²) in [5.74, 6) is -0.734. The third-order valence-electron chi connectivity index (χ3n) is 5.70. The number of carboxylic acid groups (broad SMARTS) is 1. The van der Waals surface area contributed by atoms with Crippen molar-refractivity contribution in [3.63, 3.8) is 0 Å². The lowest BCUT2D eigenvalue weighted by Gasteiger charge is -2.37. The largest absolute Gasteiger partial charge is 0.481 e. The lowest BCUT2D eigenvalue weighted by molar-refractivity contribution is -0.142. The van der Waals surface area contributed by atoms with E-state index >= 15 is 0 Å². The fourth-order valence-corrected chi connectivity index (χ4v) is 4.16. The maximum Gasteiger partial charge on any atom is 0.306 e. The summed E-state index contributed by atoms with van der Waals surface area (Å²) in [5, 5.41) is 12.8. The molecule has 4 nitrogen and oxygen atoms in total. The van der Waals surface area contributed by atoms with Crippen LogP contribution in [0.5, 0.6) is 0 Å². The fraction of sp³-hybridized carbons (Fsp3) is 0.650. The van der Waals surface area contributed by atoms with Crippen LogP contribution < -0.4 is 5.32 Å². The van der Waals surface area contributed by atoms with E-state index < -0.39 is 5.97 Å². The van der Waals surface area contributed by atoms with Crippen LogP contribution in [-0.2, 0) is 11.3 Å². The van der Waals surface area contributed by atoms with Gasteiger partial charge in [-0.1, -0.05) is 36.8 Å². The third-order valence-corrected chi connectivity index (χ3v) is 5.70. The quantitative estimate of drug-likeness (QED) is 0.840. The number of aliphatic carboxylic acids is 1. The average molecular weight is 330 g/mol. The summed E-state index contributed by atoms with van der Waals surface area (Å²) in [5.41, 5.74) is 1.39. The van der Waals surface area contributed by atoms with Gasteiger partial charge in [0.2, 0.25) is 0 Å². The van der Waals surface area contributed by atoms with E-state index in [-0.39, 0.29) is 5.92 Å². The van der Waals surface area contributed by atoms with E-state index in [0.717, 1.165) is 38.8 Å². The summed E-state index contributed by atoms with van der Waals surface area (Å²) in [6.45, 7) is 3.27. The SMILES string of the molecule is O=C(O)C1CCC(NCC2CCCCN2Cc2ccccc2)CC1. The Morgan fingerprint density at radius 3 is 2.54 bits per heavy atom. The van der Waals surface area contributed by atoms with Crippen molar-refractivity contribution in [2.24, 2.45) is 5.92 Å². The highest BCUT2D eigenvalue weighted by Gasteiger charge is 2.27. The van der Waals surface area contributed by atoms with Crippen molar-refractivity contribution in [3.8, 4) is 0 Å². The van der Waals surface area contributed by atoms with Crippen LogP contribution in [0.1, 0.15) is 50.5 Å². The molecular weight excluding hydrogens is 300 g/mol. The summed E-state index contributed by atoms with van der Waals surface area (Å²) in [4.78, 5) is 13.7. The Morgan fingerprint density at radius 2 is 1.83 bits per heavy atom. The van der Waals surface area contributed by atoms with E-state index in [4.69, 9.17) is 5.11 Å². The van der Waals surface area contributed by atoms with E-state index in [1.54, 1.807) is 0 Å². The summed E-state index contributed by atoms with van der Waals surface area (Å²) >= 11 is 0. The van der Waals surface area contributed by atoms with Crippen molar-refractivity contribution < 1.29 is 9.90 Å². The predicted octanol–water partition coefficient (Wildman–Crippen LogP) is 3.27. The number of likely N-dealkylation sites (tertiary alicyclic amines) is 1. The second-order valence-electron chi connectivity index (χ2n) is 7.40. The molecule has 0 radical (unpaired) electrons. The molecule has 1 aromatic rings. The van der Waals surface area contributed by atoms with Crippen LogP contribution in [0, 0.1) is 5.92 Å². The normalized spacial score (nSPS) is 28.6. The van der Waals surface area contributed by atoms with Crippen LogP contribution in [0.4, 0.5) is 0 Å². The molecule has 1 atom stereocenters. The van der Waals surface area contributed by atoms with E-state index in [2.05, 4.69) is 40.5 Å². The molecule has 0 bridgehead atoms. The monoisotopic (exact) mass is 330 g/mol. The minimum Gasteiger partial charge on any atom is -0.481 e. The molecule has 2 aliphatic rings. The van der Waals surface area contributed by atoms with Gasteiger partial charge < -0.3 is 10.4 Å². The van der Waals surface area contributed by atoms with Crippen molar-refractivity contribution in [3.05, 3.63) is 35.9 Å². The zero-order valence-electron chi connectivity index (χ0n) is 14.5. The summed E-state index contributed by atoms with van der Waals surface area (Å²) in [6.07, 6.45) is 7.54. The van der Waals surface area contributed by atoms with Gasteiger partial charge in [-0.25, -0.2) is 0 Å². The van der Waals surface area contributed by atoms with Crippen LogP contribution in [0.2, 0.25) is 0 Å². The predicted molar refractivity (Wildman–Crippen MR) is 95.9 cm³/mol. The molecule has 0 amide bonds. The molecule has 1 saturated carbocycles. The van der Waals surface area contributed by atoms with Gasteiger partial charge in [0.25, 0.3) is 0 Å². The van der Waals surface area contributed by atoms with Crippen molar-refractivity contribution >= 4 is 5.97 Å². The Kier molecular flexibility index (Phi) is 6.27. The molecule has 1 aliphatic heterocycles. The Labute approximate surface area is 145 Å². The van der Waals surface area contributed by atoms with E-state index in [9.17, 15) is 4.79 Å². The molecule has 0 aromatic heterocycles. The number of piperidine rings is 1. The molecule has 132 valence electrons. The number of hydrogen-bond donors (Lipinski definition) is 2. The van der Waals surface area contributed by atoms with Gasteiger partial charge in [-0.2, -0.15) is 0 Å². The Balaban J connectivity index is 1.47. The minimum absolute atomic E-state index is 0.118. The van der Waals surface area contributed by atoms with Crippen LogP contribution in [0.3, 0.4) is 0 Å². The highest BCUT2D eigenvalue weighted by Crippen LogP contribution is 2.25. The molecule has 24 heavy (non-hydrogen) atoms. The number of carbonyl (C=O) groups is 1. The number of rotatable bonds is 6. The first-order chi connectivity index (χ1) is 11.7. The van der Waals surface area contributed by atoms with Crippen molar-refractivity contribution in [1.29, 1.82) is 0 Å². The lowest BCUT2D eigenvalue weighted by atomic mass is 9.86. The molecule has 0 spiro atoms. The van der Waals surface area contributed by atoms with Crippen LogP contribution >= 0.6 is 0 Å². The minimum atomic E-state index is -0.616. The zero-order valence-corrected chi connectivity index (χ0v) is 14.5. The van der Waals surface area contributed by atoms with E-state index in [1.807, 2.05) is 0 Å². The first-order valence-corrected chi connectivity index (χ1v) is 9.46. The number of nitrogens with zero attached hydrogens (tertiary/aromatic N) is 1. The lowest BCUT2D eigenvalue weighted by Crippen LogP contribution is -2.47. The molecule has 2 fully saturated rings. The maximum absolute atomic E-state index is 11.1. The molecule has 1 saturated heterocycles. The van der Waals surface area contributed by atoms with Crippen molar-refractivity contribution in [1.82, 2.24) is 10.2 Å². The molecule has 1 heterocycles. The van der Waals surface area contributed by atoms with Gasteiger partial charge in [0.1, 0.15) is 0 Å². The summed E-state index contributed by atoms with van der Waals surface area (Å²) in [7, 11) is 0. The van der Waals surface area contributed by atoms with Gasteiger partial charge in [0, 0.05) is 25.2 Å². The molecular formula is C20H30N2O2. The topological polar surface area (TPSA) is 52.6 Å². The third kappa shape index (κ3) is 4.81. The smallest absolute Gasteiger partial charge is 0.306 e. The fourth-order valence-electron chi connectivity index (χ4n) is 4.16. The first-order valence-electron chi connectivity index (χ1n) is 9.46. The van der Waals surface area contributed by atoms with Gasteiger partial charge in [0.15, 0.2) is 0 Å². The molecule has 1 aliphatic carbocycles. The average Bonchev–Trinajstić information content (AvgIpc) is 2.62.